The normalized spacial score (nSPS) is 16.4. The summed E-state index contributed by atoms with van der Waals surface area (Å²) in [5.41, 5.74) is 7.13. The van der Waals surface area contributed by atoms with Gasteiger partial charge in [-0.05, 0) is 109 Å². The van der Waals surface area contributed by atoms with Gasteiger partial charge in [0, 0.05) is 0 Å². The summed E-state index contributed by atoms with van der Waals surface area (Å²) >= 11 is 0. The lowest BCUT2D eigenvalue weighted by Crippen LogP contribution is -2.29. The summed E-state index contributed by atoms with van der Waals surface area (Å²) in [5.74, 6) is -0.821. The van der Waals surface area contributed by atoms with E-state index in [0.29, 0.717) is 34.0 Å². The fraction of sp³-hybridized carbons (Fsp3) is 0.125. The van der Waals surface area contributed by atoms with Crippen LogP contribution in [-0.2, 0) is 25.7 Å². The number of imide groups is 2. The van der Waals surface area contributed by atoms with Gasteiger partial charge in [-0.1, -0.05) is 12.1 Å². The van der Waals surface area contributed by atoms with Gasteiger partial charge in [-0.15, -0.1) is 0 Å². The van der Waals surface area contributed by atoms with E-state index in [2.05, 4.69) is 0 Å². The highest BCUT2D eigenvalue weighted by Crippen LogP contribution is 2.37. The van der Waals surface area contributed by atoms with Crippen LogP contribution in [0.2, 0.25) is 0 Å². The van der Waals surface area contributed by atoms with Crippen LogP contribution in [0.3, 0.4) is 0 Å². The number of rotatable bonds is 4. The highest BCUT2D eigenvalue weighted by molar-refractivity contribution is 6.35. The van der Waals surface area contributed by atoms with E-state index in [-0.39, 0.29) is 22.9 Å². The van der Waals surface area contributed by atoms with Crippen LogP contribution in [0.4, 0.5) is 11.4 Å². The molecule has 4 amide bonds. The van der Waals surface area contributed by atoms with E-state index in [1.54, 1.807) is 36.4 Å². The number of hydrogen-bond acceptors (Lipinski definition) is 5. The van der Waals surface area contributed by atoms with Crippen LogP contribution >= 0.6 is 0 Å². The van der Waals surface area contributed by atoms with Crippen molar-refractivity contribution in [2.24, 2.45) is 0 Å². The number of amides is 4. The molecule has 0 atom stereocenters. The third-order valence-electron chi connectivity index (χ3n) is 8.18. The van der Waals surface area contributed by atoms with Gasteiger partial charge in [-0.2, -0.15) is 0 Å². The molecular formula is C32H20N2O5. The second-order valence-electron chi connectivity index (χ2n) is 10.3. The molecule has 4 aromatic rings. The fourth-order valence-electron chi connectivity index (χ4n) is 5.81. The molecule has 2 aliphatic carbocycles. The van der Waals surface area contributed by atoms with Gasteiger partial charge >= 0.3 is 0 Å². The van der Waals surface area contributed by atoms with Crippen LogP contribution in [-0.4, -0.2) is 23.6 Å². The number of fused-ring (bicyclic) bond motifs is 4. The largest absolute Gasteiger partial charge is 0.457 e. The van der Waals surface area contributed by atoms with Gasteiger partial charge in [-0.25, -0.2) is 9.80 Å². The Morgan fingerprint density at radius 2 is 0.846 bits per heavy atom. The molecule has 0 radical (unpaired) electrons. The van der Waals surface area contributed by atoms with Gasteiger partial charge in [0.1, 0.15) is 11.5 Å². The number of aryl methyl sites for hydroxylation is 4. The summed E-state index contributed by atoms with van der Waals surface area (Å²) in [6, 6.07) is 20.9. The second kappa shape index (κ2) is 7.74. The fourth-order valence-corrected chi connectivity index (χ4v) is 5.81. The summed E-state index contributed by atoms with van der Waals surface area (Å²) in [5, 5.41) is 0. The second-order valence-corrected chi connectivity index (χ2v) is 10.3. The summed E-state index contributed by atoms with van der Waals surface area (Å²) in [6.45, 7) is 0. The Kier molecular flexibility index (Phi) is 4.36. The monoisotopic (exact) mass is 512 g/mol. The molecule has 0 aromatic heterocycles. The number of carbonyl (C=O) groups excluding carboxylic acids is 4. The van der Waals surface area contributed by atoms with Crippen molar-refractivity contribution in [3.63, 3.8) is 0 Å². The number of nitrogens with zero attached hydrogens (tertiary/aromatic N) is 2. The summed E-state index contributed by atoms with van der Waals surface area (Å²) < 4.78 is 6.00. The predicted octanol–water partition coefficient (Wildman–Crippen LogP) is 5.28. The van der Waals surface area contributed by atoms with E-state index in [1.165, 1.54) is 20.9 Å². The number of hydrogen-bond donors (Lipinski definition) is 0. The van der Waals surface area contributed by atoms with Crippen molar-refractivity contribution in [1.29, 1.82) is 0 Å². The number of carbonyl (C=O) groups is 4. The van der Waals surface area contributed by atoms with Gasteiger partial charge < -0.3 is 4.74 Å². The van der Waals surface area contributed by atoms with E-state index in [0.717, 1.165) is 36.8 Å². The standard InChI is InChI=1S/C32H20N2O5/c35-29-25-11-9-23(15-27(25)31(37)33(29)21-7-5-17-1-3-19(17)13-21)39-24-10-12-26-28(16-24)32(38)34(30(26)36)22-8-6-18-2-4-20(18)14-22/h5-16H,1-4H2. The first-order valence-electron chi connectivity index (χ1n) is 12.9. The zero-order valence-electron chi connectivity index (χ0n) is 20.7. The highest BCUT2D eigenvalue weighted by Gasteiger charge is 2.39. The Morgan fingerprint density at radius 1 is 0.436 bits per heavy atom. The van der Waals surface area contributed by atoms with Crippen molar-refractivity contribution >= 4 is 35.0 Å². The molecule has 0 spiro atoms. The molecule has 2 aliphatic heterocycles. The molecular weight excluding hydrogens is 492 g/mol. The van der Waals surface area contributed by atoms with Gasteiger partial charge in [-0.3, -0.25) is 19.2 Å². The third-order valence-corrected chi connectivity index (χ3v) is 8.18. The van der Waals surface area contributed by atoms with E-state index in [9.17, 15) is 19.2 Å². The Hall–Kier alpha value is -5.04. The van der Waals surface area contributed by atoms with Crippen molar-refractivity contribution in [2.45, 2.75) is 25.7 Å². The van der Waals surface area contributed by atoms with Crippen LogP contribution in [0.25, 0.3) is 0 Å². The lowest BCUT2D eigenvalue weighted by molar-refractivity contribution is 0.0910. The van der Waals surface area contributed by atoms with Crippen molar-refractivity contribution < 1.29 is 23.9 Å². The average Bonchev–Trinajstić information content (AvgIpc) is 3.29. The Balaban J connectivity index is 1.07. The smallest absolute Gasteiger partial charge is 0.266 e. The molecule has 0 fully saturated rings. The molecule has 0 saturated heterocycles. The lowest BCUT2D eigenvalue weighted by atomic mass is 9.88. The molecule has 7 heteroatoms. The highest BCUT2D eigenvalue weighted by atomic mass is 16.5. The molecule has 0 N–H and O–H groups in total. The van der Waals surface area contributed by atoms with Crippen LogP contribution in [0.5, 0.6) is 11.5 Å². The Morgan fingerprint density at radius 3 is 1.23 bits per heavy atom. The predicted molar refractivity (Wildman–Crippen MR) is 143 cm³/mol. The molecule has 2 heterocycles. The minimum atomic E-state index is -0.399. The van der Waals surface area contributed by atoms with Crippen LogP contribution in [0, 0.1) is 0 Å². The number of anilines is 2. The van der Waals surface area contributed by atoms with Crippen LogP contribution in [0.1, 0.15) is 63.7 Å². The Labute approximate surface area is 223 Å². The quantitative estimate of drug-likeness (QED) is 0.348. The first-order chi connectivity index (χ1) is 19.0. The van der Waals surface area contributed by atoms with Crippen molar-refractivity contribution in [3.05, 3.63) is 117 Å². The van der Waals surface area contributed by atoms with E-state index >= 15 is 0 Å². The number of ether oxygens (including phenoxy) is 1. The zero-order chi connectivity index (χ0) is 26.4. The summed E-state index contributed by atoms with van der Waals surface area (Å²) in [7, 11) is 0. The lowest BCUT2D eigenvalue weighted by Gasteiger charge is -2.22. The van der Waals surface area contributed by atoms with Gasteiger partial charge in [0.25, 0.3) is 23.6 Å². The maximum absolute atomic E-state index is 13.2. The van der Waals surface area contributed by atoms with Gasteiger partial charge in [0.2, 0.25) is 0 Å². The van der Waals surface area contributed by atoms with Gasteiger partial charge in [0.05, 0.1) is 33.6 Å². The molecule has 0 bridgehead atoms. The van der Waals surface area contributed by atoms with E-state index in [4.69, 9.17) is 4.74 Å². The molecule has 0 unspecified atom stereocenters. The summed E-state index contributed by atoms with van der Waals surface area (Å²) in [6.07, 6.45) is 3.94. The minimum Gasteiger partial charge on any atom is -0.457 e. The molecule has 188 valence electrons. The van der Waals surface area contributed by atoms with Gasteiger partial charge in [0.15, 0.2) is 0 Å². The SMILES string of the molecule is O=C1c2ccc(Oc3ccc4c(c3)C(=O)N(c3ccc5c(c3)CC5)C4=O)cc2C(=O)N1c1ccc2c(c1)CC2. The van der Waals surface area contributed by atoms with Crippen LogP contribution in [0.15, 0.2) is 72.8 Å². The summed E-state index contributed by atoms with van der Waals surface area (Å²) in [4.78, 5) is 55.0. The Bertz CT molecular complexity index is 1710. The molecule has 8 rings (SSSR count). The number of benzene rings is 4. The molecule has 39 heavy (non-hydrogen) atoms. The van der Waals surface area contributed by atoms with E-state index in [1.807, 2.05) is 36.4 Å². The minimum absolute atomic E-state index is 0.263. The van der Waals surface area contributed by atoms with Crippen molar-refractivity contribution in [3.8, 4) is 11.5 Å². The van der Waals surface area contributed by atoms with Crippen molar-refractivity contribution in [2.75, 3.05) is 9.80 Å². The molecule has 7 nitrogen and oxygen atoms in total. The third kappa shape index (κ3) is 3.10. The molecule has 0 saturated carbocycles. The topological polar surface area (TPSA) is 84.0 Å². The van der Waals surface area contributed by atoms with Crippen LogP contribution < -0.4 is 14.5 Å². The first kappa shape index (κ1) is 22.0. The zero-order valence-corrected chi connectivity index (χ0v) is 20.7. The first-order valence-corrected chi connectivity index (χ1v) is 12.9. The molecule has 4 aliphatic rings. The van der Waals surface area contributed by atoms with E-state index < -0.39 is 11.8 Å². The van der Waals surface area contributed by atoms with Crippen molar-refractivity contribution in [1.82, 2.24) is 0 Å². The molecule has 4 aromatic carbocycles. The maximum atomic E-state index is 13.2. The average molecular weight is 513 g/mol. The maximum Gasteiger partial charge on any atom is 0.266 e.